The molecule has 0 spiro atoms. The number of hydrogen-bond acceptors (Lipinski definition) is 2. The van der Waals surface area contributed by atoms with Gasteiger partial charge in [0.1, 0.15) is 0 Å². The molecule has 0 aliphatic carbocycles. The zero-order valence-electron chi connectivity index (χ0n) is 13.6. The highest BCUT2D eigenvalue weighted by atomic mass is 35.5. The Morgan fingerprint density at radius 2 is 1.95 bits per heavy atom. The lowest BCUT2D eigenvalue weighted by atomic mass is 9.86. The maximum Gasteiger partial charge on any atom is 0.311 e. The van der Waals surface area contributed by atoms with Crippen LogP contribution in [0.4, 0.5) is 0 Å². The molecule has 0 heterocycles. The molecule has 0 radical (unpaired) electrons. The fraction of sp³-hybridized carbons (Fsp3) is 0.611. The molecule has 0 saturated heterocycles. The molecule has 1 aromatic carbocycles. The monoisotopic (exact) mass is 310 g/mol. The van der Waals surface area contributed by atoms with Gasteiger partial charge in [0.15, 0.2) is 0 Å². The summed E-state index contributed by atoms with van der Waals surface area (Å²) in [5.41, 5.74) is 0.827. The summed E-state index contributed by atoms with van der Waals surface area (Å²) in [5, 5.41) is 0.844. The van der Waals surface area contributed by atoms with E-state index < -0.39 is 0 Å². The van der Waals surface area contributed by atoms with Crippen molar-refractivity contribution in [1.29, 1.82) is 0 Å². The summed E-state index contributed by atoms with van der Waals surface area (Å²) in [6, 6.07) is 8.02. The van der Waals surface area contributed by atoms with Gasteiger partial charge in [-0.15, -0.1) is 0 Å². The largest absolute Gasteiger partial charge is 0.466 e. The fourth-order valence-electron chi connectivity index (χ4n) is 2.48. The second kappa shape index (κ2) is 8.43. The smallest absolute Gasteiger partial charge is 0.311 e. The van der Waals surface area contributed by atoms with Crippen molar-refractivity contribution in [3.8, 4) is 0 Å². The zero-order chi connectivity index (χ0) is 15.9. The van der Waals surface area contributed by atoms with Crippen LogP contribution in [0.2, 0.25) is 5.02 Å². The number of carbonyl (C=O) groups excluding carboxylic acids is 1. The summed E-state index contributed by atoms with van der Waals surface area (Å²) >= 11 is 6.22. The van der Waals surface area contributed by atoms with Crippen molar-refractivity contribution in [3.05, 3.63) is 34.9 Å². The predicted molar refractivity (Wildman–Crippen MR) is 88.7 cm³/mol. The van der Waals surface area contributed by atoms with Crippen LogP contribution in [-0.2, 0) is 9.53 Å². The molecule has 1 atom stereocenters. The average Bonchev–Trinajstić information content (AvgIpc) is 2.44. The lowest BCUT2D eigenvalue weighted by Gasteiger charge is -2.22. The van der Waals surface area contributed by atoms with E-state index in [9.17, 15) is 4.79 Å². The minimum atomic E-state index is -0.385. The third-order valence-corrected chi connectivity index (χ3v) is 4.30. The second-order valence-electron chi connectivity index (χ2n) is 6.27. The summed E-state index contributed by atoms with van der Waals surface area (Å²) in [7, 11) is 0. The molecule has 1 rings (SSSR count). The molecule has 2 nitrogen and oxygen atoms in total. The minimum Gasteiger partial charge on any atom is -0.466 e. The van der Waals surface area contributed by atoms with E-state index in [4.69, 9.17) is 16.3 Å². The highest BCUT2D eigenvalue weighted by Crippen LogP contribution is 2.30. The fourth-order valence-corrected chi connectivity index (χ4v) is 2.80. The average molecular weight is 311 g/mol. The summed E-state index contributed by atoms with van der Waals surface area (Å²) in [5.74, 6) is 0.355. The molecule has 0 aliphatic heterocycles. The van der Waals surface area contributed by atoms with Crippen LogP contribution in [0, 0.1) is 5.41 Å². The van der Waals surface area contributed by atoms with Gasteiger partial charge in [0.05, 0.1) is 12.0 Å². The van der Waals surface area contributed by atoms with E-state index in [1.807, 2.05) is 39.0 Å². The molecular weight excluding hydrogens is 284 g/mol. The molecule has 0 aromatic heterocycles. The van der Waals surface area contributed by atoms with Gasteiger partial charge in [-0.25, -0.2) is 0 Å². The van der Waals surface area contributed by atoms with Crippen molar-refractivity contribution in [3.63, 3.8) is 0 Å². The highest BCUT2D eigenvalue weighted by Gasteiger charge is 2.28. The van der Waals surface area contributed by atoms with E-state index in [0.717, 1.165) is 30.7 Å². The maximum absolute atomic E-state index is 11.8. The normalized spacial score (nSPS) is 13.0. The van der Waals surface area contributed by atoms with Crippen molar-refractivity contribution in [1.82, 2.24) is 0 Å². The number of benzene rings is 1. The van der Waals surface area contributed by atoms with Crippen LogP contribution >= 0.6 is 11.6 Å². The van der Waals surface area contributed by atoms with E-state index in [1.165, 1.54) is 5.56 Å². The van der Waals surface area contributed by atoms with Crippen molar-refractivity contribution in [2.75, 3.05) is 6.61 Å². The van der Waals surface area contributed by atoms with Gasteiger partial charge in [0.2, 0.25) is 0 Å². The van der Waals surface area contributed by atoms with Gasteiger partial charge in [-0.1, -0.05) is 49.6 Å². The molecule has 0 aliphatic rings. The van der Waals surface area contributed by atoms with E-state index in [2.05, 4.69) is 13.0 Å². The van der Waals surface area contributed by atoms with E-state index in [1.54, 1.807) is 0 Å². The van der Waals surface area contributed by atoms with Crippen LogP contribution in [-0.4, -0.2) is 12.6 Å². The Morgan fingerprint density at radius 3 is 2.57 bits per heavy atom. The molecule has 1 unspecified atom stereocenters. The molecule has 3 heteroatoms. The first-order valence-electron chi connectivity index (χ1n) is 7.80. The first-order valence-corrected chi connectivity index (χ1v) is 8.18. The SMILES string of the molecule is CCOC(=O)C(C)(C)CCCCC(C)c1ccccc1Cl. The molecule has 21 heavy (non-hydrogen) atoms. The molecule has 0 amide bonds. The Hall–Kier alpha value is -1.02. The molecule has 0 bridgehead atoms. The number of unbranched alkanes of at least 4 members (excludes halogenated alkanes) is 1. The molecule has 1 aromatic rings. The number of halogens is 1. The Balaban J connectivity index is 2.37. The molecule has 0 fully saturated rings. The number of carbonyl (C=O) groups is 1. The first-order chi connectivity index (χ1) is 9.88. The van der Waals surface area contributed by atoms with Gasteiger partial charge < -0.3 is 4.74 Å². The maximum atomic E-state index is 11.8. The van der Waals surface area contributed by atoms with Crippen LogP contribution in [0.15, 0.2) is 24.3 Å². The van der Waals surface area contributed by atoms with Crippen molar-refractivity contribution >= 4 is 17.6 Å². The third-order valence-electron chi connectivity index (χ3n) is 3.95. The summed E-state index contributed by atoms with van der Waals surface area (Å²) in [6.45, 7) is 8.42. The van der Waals surface area contributed by atoms with Gasteiger partial charge in [0, 0.05) is 5.02 Å². The molecule has 0 saturated carbocycles. The number of esters is 1. The van der Waals surface area contributed by atoms with Crippen LogP contribution < -0.4 is 0 Å². The summed E-state index contributed by atoms with van der Waals surface area (Å²) in [4.78, 5) is 11.8. The van der Waals surface area contributed by atoms with Crippen LogP contribution in [0.5, 0.6) is 0 Å². The third kappa shape index (κ3) is 5.70. The summed E-state index contributed by atoms with van der Waals surface area (Å²) in [6.07, 6.45) is 4.07. The lowest BCUT2D eigenvalue weighted by Crippen LogP contribution is -2.26. The van der Waals surface area contributed by atoms with Crippen LogP contribution in [0.1, 0.15) is 64.9 Å². The Morgan fingerprint density at radius 1 is 1.29 bits per heavy atom. The van der Waals surface area contributed by atoms with Crippen LogP contribution in [0.3, 0.4) is 0 Å². The first kappa shape index (κ1) is 18.0. The van der Waals surface area contributed by atoms with Crippen molar-refractivity contribution in [2.45, 2.75) is 59.3 Å². The zero-order valence-corrected chi connectivity index (χ0v) is 14.4. The topological polar surface area (TPSA) is 26.3 Å². The van der Waals surface area contributed by atoms with Gasteiger partial charge in [-0.3, -0.25) is 4.79 Å². The number of hydrogen-bond donors (Lipinski definition) is 0. The lowest BCUT2D eigenvalue weighted by molar-refractivity contribution is -0.153. The van der Waals surface area contributed by atoms with Crippen LogP contribution in [0.25, 0.3) is 0 Å². The van der Waals surface area contributed by atoms with Crippen molar-refractivity contribution in [2.24, 2.45) is 5.41 Å². The molecule has 118 valence electrons. The quantitative estimate of drug-likeness (QED) is 0.462. The minimum absolute atomic E-state index is 0.0934. The Labute approximate surface area is 133 Å². The van der Waals surface area contributed by atoms with E-state index in [0.29, 0.717) is 12.5 Å². The van der Waals surface area contributed by atoms with Gasteiger partial charge >= 0.3 is 5.97 Å². The molecular formula is C18H27ClO2. The standard InChI is InChI=1S/C18H27ClO2/c1-5-21-17(20)18(3,4)13-9-8-10-14(2)15-11-6-7-12-16(15)19/h6-7,11-12,14H,5,8-10,13H2,1-4H3. The van der Waals surface area contributed by atoms with E-state index >= 15 is 0 Å². The predicted octanol–water partition coefficient (Wildman–Crippen LogP) is 5.59. The molecule has 0 N–H and O–H groups in total. The highest BCUT2D eigenvalue weighted by molar-refractivity contribution is 6.31. The van der Waals surface area contributed by atoms with Crippen molar-refractivity contribution < 1.29 is 9.53 Å². The Kier molecular flexibility index (Phi) is 7.24. The number of rotatable bonds is 8. The summed E-state index contributed by atoms with van der Waals surface area (Å²) < 4.78 is 5.11. The van der Waals surface area contributed by atoms with Gasteiger partial charge in [0.25, 0.3) is 0 Å². The van der Waals surface area contributed by atoms with Gasteiger partial charge in [-0.05, 0) is 51.2 Å². The second-order valence-corrected chi connectivity index (χ2v) is 6.68. The number of ether oxygens (including phenoxy) is 1. The Bertz CT molecular complexity index is 454. The van der Waals surface area contributed by atoms with Gasteiger partial charge in [-0.2, -0.15) is 0 Å². The van der Waals surface area contributed by atoms with E-state index in [-0.39, 0.29) is 11.4 Å².